The first-order chi connectivity index (χ1) is 17.3. The molecular formula is C28H27F2N3O3. The average Bonchev–Trinajstić information content (AvgIpc) is 3.27. The SMILES string of the molecule is Cc1cc(C(=O)NCC2CCC(c3ccnc4ccc(F)cc34)CC2)c(-c2ccc(O)c(O)c2F)[nH]1. The number of aromatic amines is 1. The number of amides is 1. The number of hydrogen-bond donors (Lipinski definition) is 4. The number of aromatic hydroxyl groups is 2. The lowest BCUT2D eigenvalue weighted by atomic mass is 9.78. The normalized spacial score (nSPS) is 17.9. The maximum absolute atomic E-state index is 14.6. The summed E-state index contributed by atoms with van der Waals surface area (Å²) in [7, 11) is 0. The fourth-order valence-electron chi connectivity index (χ4n) is 5.23. The lowest BCUT2D eigenvalue weighted by molar-refractivity contribution is 0.0943. The van der Waals surface area contributed by atoms with Crippen LogP contribution in [0.5, 0.6) is 11.5 Å². The van der Waals surface area contributed by atoms with E-state index >= 15 is 0 Å². The Morgan fingerprint density at radius 1 is 1.08 bits per heavy atom. The molecule has 4 N–H and O–H groups in total. The van der Waals surface area contributed by atoms with Gasteiger partial charge in [0, 0.05) is 29.4 Å². The van der Waals surface area contributed by atoms with Crippen LogP contribution in [0.2, 0.25) is 0 Å². The third kappa shape index (κ3) is 4.51. The van der Waals surface area contributed by atoms with Crippen molar-refractivity contribution in [1.29, 1.82) is 0 Å². The Kier molecular flexibility index (Phi) is 6.35. The molecule has 1 fully saturated rings. The zero-order valence-electron chi connectivity index (χ0n) is 19.8. The second-order valence-corrected chi connectivity index (χ2v) is 9.53. The number of carbonyl (C=O) groups is 1. The van der Waals surface area contributed by atoms with Gasteiger partial charge in [0.05, 0.1) is 16.8 Å². The van der Waals surface area contributed by atoms with E-state index in [-0.39, 0.29) is 28.5 Å². The van der Waals surface area contributed by atoms with Crippen LogP contribution in [0.25, 0.3) is 22.2 Å². The number of aromatic nitrogens is 2. The minimum Gasteiger partial charge on any atom is -0.504 e. The zero-order valence-corrected chi connectivity index (χ0v) is 19.8. The summed E-state index contributed by atoms with van der Waals surface area (Å²) in [6.45, 7) is 2.25. The number of nitrogens with one attached hydrogen (secondary N) is 2. The minimum absolute atomic E-state index is 0.00470. The van der Waals surface area contributed by atoms with Gasteiger partial charge in [-0.15, -0.1) is 0 Å². The molecule has 2 aromatic heterocycles. The van der Waals surface area contributed by atoms with E-state index in [4.69, 9.17) is 0 Å². The summed E-state index contributed by atoms with van der Waals surface area (Å²) in [5, 5.41) is 23.1. The summed E-state index contributed by atoms with van der Waals surface area (Å²) in [4.78, 5) is 20.3. The molecule has 36 heavy (non-hydrogen) atoms. The van der Waals surface area contributed by atoms with Crippen LogP contribution in [0, 0.1) is 24.5 Å². The highest BCUT2D eigenvalue weighted by atomic mass is 19.1. The van der Waals surface area contributed by atoms with Crippen molar-refractivity contribution in [2.75, 3.05) is 6.54 Å². The second-order valence-electron chi connectivity index (χ2n) is 9.53. The molecule has 0 atom stereocenters. The van der Waals surface area contributed by atoms with E-state index in [0.29, 0.717) is 24.1 Å². The van der Waals surface area contributed by atoms with E-state index in [2.05, 4.69) is 15.3 Å². The highest BCUT2D eigenvalue weighted by Gasteiger charge is 2.26. The first kappa shape index (κ1) is 23.8. The van der Waals surface area contributed by atoms with E-state index in [0.717, 1.165) is 42.1 Å². The predicted molar refractivity (Wildman–Crippen MR) is 133 cm³/mol. The van der Waals surface area contributed by atoms with Gasteiger partial charge in [-0.3, -0.25) is 9.78 Å². The van der Waals surface area contributed by atoms with Crippen molar-refractivity contribution < 1.29 is 23.8 Å². The van der Waals surface area contributed by atoms with Gasteiger partial charge in [0.25, 0.3) is 5.91 Å². The fraction of sp³-hybridized carbons (Fsp3) is 0.286. The largest absolute Gasteiger partial charge is 0.504 e. The summed E-state index contributed by atoms with van der Waals surface area (Å²) >= 11 is 0. The van der Waals surface area contributed by atoms with Crippen molar-refractivity contribution in [1.82, 2.24) is 15.3 Å². The number of aryl methyl sites for hydroxylation is 1. The van der Waals surface area contributed by atoms with Gasteiger partial charge in [0.15, 0.2) is 17.3 Å². The number of halogens is 2. The van der Waals surface area contributed by atoms with Gasteiger partial charge in [-0.1, -0.05) is 0 Å². The van der Waals surface area contributed by atoms with Gasteiger partial charge in [-0.2, -0.15) is 0 Å². The number of pyridine rings is 1. The van der Waals surface area contributed by atoms with Crippen molar-refractivity contribution in [2.45, 2.75) is 38.5 Å². The zero-order chi connectivity index (χ0) is 25.4. The number of hydrogen-bond acceptors (Lipinski definition) is 4. The monoisotopic (exact) mass is 491 g/mol. The third-order valence-corrected chi connectivity index (χ3v) is 7.14. The van der Waals surface area contributed by atoms with Crippen LogP contribution in [0.4, 0.5) is 8.78 Å². The van der Waals surface area contributed by atoms with Gasteiger partial charge in [0.2, 0.25) is 0 Å². The topological polar surface area (TPSA) is 98.2 Å². The summed E-state index contributed by atoms with van der Waals surface area (Å²) in [5.41, 5.74) is 3.11. The van der Waals surface area contributed by atoms with Gasteiger partial charge in [0.1, 0.15) is 5.82 Å². The Labute approximate surface area is 207 Å². The summed E-state index contributed by atoms with van der Waals surface area (Å²) in [6, 6.07) is 10.8. The molecule has 0 saturated heterocycles. The number of nitrogens with zero attached hydrogens (tertiary/aromatic N) is 1. The number of H-pyrrole nitrogens is 1. The lowest BCUT2D eigenvalue weighted by Crippen LogP contribution is -2.31. The van der Waals surface area contributed by atoms with Crippen LogP contribution in [0.3, 0.4) is 0 Å². The number of benzene rings is 2. The Morgan fingerprint density at radius 2 is 1.86 bits per heavy atom. The van der Waals surface area contributed by atoms with E-state index in [9.17, 15) is 23.8 Å². The molecule has 0 unspecified atom stereocenters. The van der Waals surface area contributed by atoms with Crippen molar-refractivity contribution in [2.24, 2.45) is 5.92 Å². The van der Waals surface area contributed by atoms with Gasteiger partial charge in [-0.05, 0) is 92.5 Å². The first-order valence-corrected chi connectivity index (χ1v) is 12.0. The molecule has 0 aliphatic heterocycles. The third-order valence-electron chi connectivity index (χ3n) is 7.14. The predicted octanol–water partition coefficient (Wildman–Crippen LogP) is 5.93. The van der Waals surface area contributed by atoms with Gasteiger partial charge in [-0.25, -0.2) is 8.78 Å². The van der Waals surface area contributed by atoms with Crippen LogP contribution in [0.1, 0.15) is 53.2 Å². The van der Waals surface area contributed by atoms with Crippen molar-refractivity contribution in [3.05, 3.63) is 77.1 Å². The maximum atomic E-state index is 14.6. The quantitative estimate of drug-likeness (QED) is 0.260. The fourth-order valence-corrected chi connectivity index (χ4v) is 5.23. The average molecular weight is 492 g/mol. The summed E-state index contributed by atoms with van der Waals surface area (Å²) in [6.07, 6.45) is 5.48. The van der Waals surface area contributed by atoms with E-state index in [1.54, 1.807) is 31.3 Å². The highest BCUT2D eigenvalue weighted by Crippen LogP contribution is 2.39. The Morgan fingerprint density at radius 3 is 2.64 bits per heavy atom. The molecule has 1 saturated carbocycles. The number of phenols is 2. The molecule has 4 aromatic rings. The summed E-state index contributed by atoms with van der Waals surface area (Å²) in [5.74, 6) is -2.40. The first-order valence-electron chi connectivity index (χ1n) is 12.0. The molecule has 6 nitrogen and oxygen atoms in total. The summed E-state index contributed by atoms with van der Waals surface area (Å²) < 4.78 is 28.4. The van der Waals surface area contributed by atoms with Crippen LogP contribution >= 0.6 is 0 Å². The minimum atomic E-state index is -0.993. The molecule has 186 valence electrons. The molecular weight excluding hydrogens is 464 g/mol. The lowest BCUT2D eigenvalue weighted by Gasteiger charge is -2.29. The van der Waals surface area contributed by atoms with E-state index in [1.165, 1.54) is 18.2 Å². The van der Waals surface area contributed by atoms with Gasteiger partial charge >= 0.3 is 0 Å². The standard InChI is InChI=1S/C28H27F2N3O3/c1-15-12-22(26(33-15)20-7-9-24(34)27(35)25(20)30)28(36)32-14-16-2-4-17(5-3-16)19-10-11-31-23-8-6-18(29)13-21(19)23/h6-13,16-17,33-35H,2-5,14H2,1H3,(H,32,36). The second kappa shape index (κ2) is 9.60. The molecule has 2 aromatic carbocycles. The molecule has 0 spiro atoms. The highest BCUT2D eigenvalue weighted by molar-refractivity contribution is 6.00. The number of carbonyl (C=O) groups excluding carboxylic acids is 1. The maximum Gasteiger partial charge on any atom is 0.253 e. The van der Waals surface area contributed by atoms with Crippen LogP contribution in [-0.2, 0) is 0 Å². The molecule has 5 rings (SSSR count). The van der Waals surface area contributed by atoms with Crippen LogP contribution in [-0.4, -0.2) is 32.6 Å². The molecule has 0 radical (unpaired) electrons. The van der Waals surface area contributed by atoms with Crippen LogP contribution in [0.15, 0.2) is 48.7 Å². The number of rotatable bonds is 5. The smallest absolute Gasteiger partial charge is 0.253 e. The van der Waals surface area contributed by atoms with E-state index < -0.39 is 17.3 Å². The van der Waals surface area contributed by atoms with Crippen molar-refractivity contribution >= 4 is 16.8 Å². The van der Waals surface area contributed by atoms with Crippen molar-refractivity contribution in [3.8, 4) is 22.8 Å². The number of phenolic OH excluding ortho intramolecular Hbond substituents is 2. The Bertz CT molecular complexity index is 1440. The van der Waals surface area contributed by atoms with Gasteiger partial charge < -0.3 is 20.5 Å². The molecule has 1 amide bonds. The van der Waals surface area contributed by atoms with Crippen LogP contribution < -0.4 is 5.32 Å². The molecule has 1 aliphatic carbocycles. The van der Waals surface area contributed by atoms with Crippen molar-refractivity contribution in [3.63, 3.8) is 0 Å². The molecule has 1 aliphatic rings. The molecule has 0 bridgehead atoms. The Hall–Kier alpha value is -3.94. The molecule has 8 heteroatoms. The van der Waals surface area contributed by atoms with E-state index in [1.807, 2.05) is 6.07 Å². The molecule has 2 heterocycles. The number of fused-ring (bicyclic) bond motifs is 1. The Balaban J connectivity index is 1.25.